The van der Waals surface area contributed by atoms with Crippen molar-refractivity contribution in [3.05, 3.63) is 0 Å². The molecule has 0 unspecified atom stereocenters. The molecule has 30 valence electrons. The van der Waals surface area contributed by atoms with Gasteiger partial charge in [0.15, 0.2) is 0 Å². The average Bonchev–Trinajstić information content (AvgIpc) is 1.65. The maximum Gasteiger partial charge on any atom is 1.00 e. The monoisotopic (exact) mass is 141 g/mol. The van der Waals surface area contributed by atoms with E-state index < -0.39 is 8.25 Å². The zero-order chi connectivity index (χ0) is 4.99. The summed E-state index contributed by atoms with van der Waals surface area (Å²) >= 11 is 0. The Labute approximate surface area is 89.3 Å². The van der Waals surface area contributed by atoms with E-state index >= 15 is 0 Å². The second-order valence-corrected chi connectivity index (χ2v) is 1.30. The van der Waals surface area contributed by atoms with Gasteiger partial charge < -0.3 is 1.43 Å². The summed E-state index contributed by atoms with van der Waals surface area (Å²) in [5.41, 5.74) is 0. The first kappa shape index (κ1) is 11.6. The summed E-state index contributed by atoms with van der Waals surface area (Å²) in [7, 11) is 6.32. The van der Waals surface area contributed by atoms with Gasteiger partial charge in [-0.3, -0.25) is 0 Å². The smallest absolute Gasteiger partial charge is 1.00 e. The number of rotatable bonds is 2. The molecule has 0 atom stereocenters. The average molecular weight is 141 g/mol. The van der Waals surface area contributed by atoms with E-state index in [9.17, 15) is 4.57 Å². The molecular formula is HB2KO3P+. The van der Waals surface area contributed by atoms with E-state index in [0.717, 1.165) is 0 Å². The standard InChI is InChI=1S/B2O3P.K.H/c1-4-6(3)5-2;;/q2*+1;-1. The van der Waals surface area contributed by atoms with Crippen LogP contribution in [0.1, 0.15) is 1.43 Å². The normalized spacial score (nSPS) is 6.86. The minimum atomic E-state index is -2.27. The van der Waals surface area contributed by atoms with Gasteiger partial charge in [0.25, 0.3) is 0 Å². The van der Waals surface area contributed by atoms with Crippen LogP contribution in [0.3, 0.4) is 0 Å². The molecule has 0 aromatic carbocycles. The summed E-state index contributed by atoms with van der Waals surface area (Å²) in [6.45, 7) is 0. The Kier molecular flexibility index (Phi) is 12.9. The van der Waals surface area contributed by atoms with Gasteiger partial charge in [-0.1, -0.05) is 0 Å². The van der Waals surface area contributed by atoms with Gasteiger partial charge in [0.1, 0.15) is 0 Å². The van der Waals surface area contributed by atoms with E-state index in [0.29, 0.717) is 0 Å². The first-order chi connectivity index (χ1) is 2.81. The molecule has 3 nitrogen and oxygen atoms in total. The molecule has 0 aliphatic carbocycles. The van der Waals surface area contributed by atoms with Gasteiger partial charge in [0, 0.05) is 4.57 Å². The Balaban J connectivity index is -0.000000125. The van der Waals surface area contributed by atoms with Crippen LogP contribution in [0.2, 0.25) is 0 Å². The molecule has 0 rings (SSSR count). The SMILES string of the molecule is [B]O[P+](=O)O[B].[H-].[K+]. The van der Waals surface area contributed by atoms with E-state index in [2.05, 4.69) is 25.0 Å². The first-order valence-corrected chi connectivity index (χ1v) is 2.11. The van der Waals surface area contributed by atoms with Crippen LogP contribution in [-0.4, -0.2) is 16.1 Å². The fourth-order valence-electron chi connectivity index (χ4n) is 0.0248. The predicted molar refractivity (Wildman–Crippen MR) is 22.4 cm³/mol. The summed E-state index contributed by atoms with van der Waals surface area (Å²) in [5, 5.41) is 0. The Morgan fingerprint density at radius 2 is 1.71 bits per heavy atom. The van der Waals surface area contributed by atoms with E-state index in [1.807, 2.05) is 0 Å². The molecule has 0 aliphatic rings. The van der Waals surface area contributed by atoms with Crippen molar-refractivity contribution in [3.63, 3.8) is 0 Å². The molecule has 4 radical (unpaired) electrons. The van der Waals surface area contributed by atoms with Gasteiger partial charge in [-0.05, 0) is 0 Å². The molecule has 0 bridgehead atoms. The fourth-order valence-corrected chi connectivity index (χ4v) is 0.0745. The summed E-state index contributed by atoms with van der Waals surface area (Å²) in [5.74, 6) is 0. The third-order valence-electron chi connectivity index (χ3n) is 0.172. The van der Waals surface area contributed by atoms with Crippen molar-refractivity contribution in [2.45, 2.75) is 0 Å². The van der Waals surface area contributed by atoms with Gasteiger partial charge >= 0.3 is 75.7 Å². The molecular weight excluding hydrogens is 140 g/mol. The summed E-state index contributed by atoms with van der Waals surface area (Å²) in [4.78, 5) is 0. The van der Waals surface area contributed by atoms with Gasteiger partial charge in [-0.15, -0.1) is 0 Å². The summed E-state index contributed by atoms with van der Waals surface area (Å²) < 4.78 is 16.8. The quantitative estimate of drug-likeness (QED) is 0.302. The van der Waals surface area contributed by atoms with Crippen molar-refractivity contribution < 1.29 is 66.3 Å². The van der Waals surface area contributed by atoms with Crippen molar-refractivity contribution in [1.82, 2.24) is 0 Å². The van der Waals surface area contributed by atoms with Crippen molar-refractivity contribution >= 4 is 24.4 Å². The molecule has 0 fully saturated rings. The molecule has 0 amide bonds. The van der Waals surface area contributed by atoms with Crippen molar-refractivity contribution in [1.29, 1.82) is 0 Å². The van der Waals surface area contributed by atoms with Gasteiger partial charge in [-0.25, -0.2) is 8.88 Å². The third kappa shape index (κ3) is 7.79. The molecule has 7 heteroatoms. The van der Waals surface area contributed by atoms with Crippen LogP contribution in [0.5, 0.6) is 0 Å². The minimum absolute atomic E-state index is 0. The van der Waals surface area contributed by atoms with Crippen LogP contribution in [0.4, 0.5) is 0 Å². The van der Waals surface area contributed by atoms with E-state index in [-0.39, 0.29) is 52.8 Å². The third-order valence-corrected chi connectivity index (χ3v) is 0.516. The van der Waals surface area contributed by atoms with Crippen LogP contribution in [0.25, 0.3) is 0 Å². The van der Waals surface area contributed by atoms with E-state index in [1.165, 1.54) is 0 Å². The molecule has 7 heavy (non-hydrogen) atoms. The Bertz CT molecular complexity index is 55.2. The Hall–Kier alpha value is 1.79. The van der Waals surface area contributed by atoms with Crippen LogP contribution >= 0.6 is 8.25 Å². The maximum absolute atomic E-state index is 9.63. The number of hydrogen-bond acceptors (Lipinski definition) is 3. The van der Waals surface area contributed by atoms with Crippen LogP contribution in [0.15, 0.2) is 0 Å². The second kappa shape index (κ2) is 7.79. The van der Waals surface area contributed by atoms with Crippen LogP contribution in [0, 0.1) is 0 Å². The predicted octanol–water partition coefficient (Wildman–Crippen LogP) is -3.04. The van der Waals surface area contributed by atoms with E-state index in [1.54, 1.807) is 0 Å². The maximum atomic E-state index is 9.63. The van der Waals surface area contributed by atoms with Crippen molar-refractivity contribution in [2.75, 3.05) is 0 Å². The van der Waals surface area contributed by atoms with Gasteiger partial charge in [0.2, 0.25) is 0 Å². The molecule has 0 aromatic rings. The summed E-state index contributed by atoms with van der Waals surface area (Å²) in [6, 6.07) is 0. The molecule has 0 aromatic heterocycles. The van der Waals surface area contributed by atoms with Gasteiger partial charge in [0.05, 0.1) is 0 Å². The van der Waals surface area contributed by atoms with Crippen molar-refractivity contribution in [3.8, 4) is 0 Å². The molecule has 0 aliphatic heterocycles. The zero-order valence-electron chi connectivity index (χ0n) is 4.83. The number of hydrogen-bond donors (Lipinski definition) is 0. The molecule has 0 saturated carbocycles. The Morgan fingerprint density at radius 3 is 1.71 bits per heavy atom. The van der Waals surface area contributed by atoms with Crippen LogP contribution in [-0.2, 0) is 13.4 Å². The molecule has 0 heterocycles. The largest absolute Gasteiger partial charge is 1.00 e. The molecule has 0 saturated heterocycles. The fraction of sp³-hybridized carbons (Fsp3) is 0. The molecule has 0 spiro atoms. The van der Waals surface area contributed by atoms with Crippen molar-refractivity contribution in [2.24, 2.45) is 0 Å². The topological polar surface area (TPSA) is 35.5 Å². The Morgan fingerprint density at radius 1 is 1.43 bits per heavy atom. The second-order valence-electron chi connectivity index (χ2n) is 0.434. The summed E-state index contributed by atoms with van der Waals surface area (Å²) in [6.07, 6.45) is 0. The van der Waals surface area contributed by atoms with Gasteiger partial charge in [-0.2, -0.15) is 0 Å². The molecule has 0 N–H and O–H groups in total. The minimum Gasteiger partial charge on any atom is -1.00 e. The zero-order valence-corrected chi connectivity index (χ0v) is 7.84. The van der Waals surface area contributed by atoms with Crippen LogP contribution < -0.4 is 51.4 Å². The first-order valence-electron chi connectivity index (χ1n) is 1.02. The van der Waals surface area contributed by atoms with E-state index in [4.69, 9.17) is 0 Å².